The van der Waals surface area contributed by atoms with Crippen LogP contribution in [0.5, 0.6) is 11.5 Å². The van der Waals surface area contributed by atoms with Crippen molar-refractivity contribution in [1.29, 1.82) is 0 Å². The molecule has 0 aliphatic carbocycles. The molecule has 1 unspecified atom stereocenters. The molecule has 1 atom stereocenters. The van der Waals surface area contributed by atoms with E-state index in [4.69, 9.17) is 9.47 Å². The van der Waals surface area contributed by atoms with Crippen molar-refractivity contribution in [2.75, 3.05) is 26.2 Å². The van der Waals surface area contributed by atoms with Crippen LogP contribution in [0.4, 0.5) is 31.1 Å². The average molecular weight is 398 g/mol. The average Bonchev–Trinajstić information content (AvgIpc) is 3.06. The Morgan fingerprint density at radius 1 is 1.15 bits per heavy atom. The molecule has 27 heavy (non-hydrogen) atoms. The van der Waals surface area contributed by atoms with E-state index in [2.05, 4.69) is 5.32 Å². The molecule has 3 rings (SSSR count). The van der Waals surface area contributed by atoms with Crippen LogP contribution in [0.2, 0.25) is 0 Å². The first-order valence-corrected chi connectivity index (χ1v) is 8.08. The van der Waals surface area contributed by atoms with Crippen LogP contribution < -0.4 is 14.8 Å². The molecular formula is C16H16F6N2O3. The molecule has 0 spiro atoms. The number of alkyl halides is 6. The van der Waals surface area contributed by atoms with Crippen LogP contribution in [0, 0.1) is 5.41 Å². The van der Waals surface area contributed by atoms with Gasteiger partial charge in [0.05, 0.1) is 6.54 Å². The zero-order valence-corrected chi connectivity index (χ0v) is 13.9. The summed E-state index contributed by atoms with van der Waals surface area (Å²) in [4.78, 5) is 12.6. The molecule has 1 fully saturated rings. The second kappa shape index (κ2) is 6.68. The molecule has 2 aliphatic rings. The quantitative estimate of drug-likeness (QED) is 0.778. The second-order valence-corrected chi connectivity index (χ2v) is 6.43. The maximum Gasteiger partial charge on any atom is 0.404 e. The smallest absolute Gasteiger partial charge is 0.404 e. The third-order valence-corrected chi connectivity index (χ3v) is 4.69. The summed E-state index contributed by atoms with van der Waals surface area (Å²) in [5.74, 6) is 0.956. The molecule has 11 heteroatoms. The molecule has 2 amide bonds. The van der Waals surface area contributed by atoms with Gasteiger partial charge in [0.2, 0.25) is 0 Å². The van der Waals surface area contributed by atoms with E-state index < -0.39 is 49.4 Å². The largest absolute Gasteiger partial charge is 0.486 e. The lowest BCUT2D eigenvalue weighted by molar-refractivity contribution is -0.334. The topological polar surface area (TPSA) is 50.8 Å². The standard InChI is InChI=1S/C16H16F6N2O3/c17-15(18,19)14(16(20,21)22)5-6-24(9-14)13(25)23-7-10-8-26-11-3-1-2-4-12(11)27-10/h1-4,10H,5-9H2,(H,23,25). The lowest BCUT2D eigenvalue weighted by Crippen LogP contribution is -2.53. The third kappa shape index (κ3) is 3.59. The van der Waals surface area contributed by atoms with Crippen molar-refractivity contribution >= 4 is 6.03 Å². The Morgan fingerprint density at radius 3 is 2.37 bits per heavy atom. The third-order valence-electron chi connectivity index (χ3n) is 4.69. The number of benzene rings is 1. The van der Waals surface area contributed by atoms with Gasteiger partial charge in [0, 0.05) is 13.1 Å². The summed E-state index contributed by atoms with van der Waals surface area (Å²) in [6, 6.07) is 5.77. The van der Waals surface area contributed by atoms with E-state index in [1.165, 1.54) is 0 Å². The van der Waals surface area contributed by atoms with Gasteiger partial charge in [0.25, 0.3) is 0 Å². The van der Waals surface area contributed by atoms with Crippen LogP contribution in [-0.2, 0) is 0 Å². The van der Waals surface area contributed by atoms with Crippen LogP contribution in [-0.4, -0.2) is 55.6 Å². The van der Waals surface area contributed by atoms with Crippen molar-refractivity contribution in [2.24, 2.45) is 5.41 Å². The predicted octanol–water partition coefficient (Wildman–Crippen LogP) is 3.35. The van der Waals surface area contributed by atoms with E-state index in [0.29, 0.717) is 16.4 Å². The second-order valence-electron chi connectivity index (χ2n) is 6.43. The molecule has 5 nitrogen and oxygen atoms in total. The number of hydrogen-bond acceptors (Lipinski definition) is 3. The fourth-order valence-corrected chi connectivity index (χ4v) is 3.08. The highest BCUT2D eigenvalue weighted by molar-refractivity contribution is 5.74. The first-order chi connectivity index (χ1) is 12.5. The number of fused-ring (bicyclic) bond motifs is 1. The lowest BCUT2D eigenvalue weighted by Gasteiger charge is -2.33. The number of nitrogens with zero attached hydrogens (tertiary/aromatic N) is 1. The molecule has 1 aromatic rings. The Morgan fingerprint density at radius 2 is 1.78 bits per heavy atom. The summed E-state index contributed by atoms with van der Waals surface area (Å²) in [6.45, 7) is -2.13. The van der Waals surface area contributed by atoms with E-state index in [0.717, 1.165) is 0 Å². The first kappa shape index (κ1) is 19.4. The van der Waals surface area contributed by atoms with Crippen molar-refractivity contribution in [1.82, 2.24) is 10.2 Å². The maximum absolute atomic E-state index is 13.1. The van der Waals surface area contributed by atoms with Crippen LogP contribution in [0.25, 0.3) is 0 Å². The molecule has 2 heterocycles. The van der Waals surface area contributed by atoms with E-state index in [-0.39, 0.29) is 13.2 Å². The van der Waals surface area contributed by atoms with Gasteiger partial charge < -0.3 is 19.7 Å². The van der Waals surface area contributed by atoms with Gasteiger partial charge in [-0.2, -0.15) is 26.3 Å². The van der Waals surface area contributed by atoms with E-state index >= 15 is 0 Å². The number of carbonyl (C=O) groups excluding carboxylic acids is 1. The van der Waals surface area contributed by atoms with Crippen molar-refractivity contribution in [3.63, 3.8) is 0 Å². The monoisotopic (exact) mass is 398 g/mol. The van der Waals surface area contributed by atoms with E-state index in [1.807, 2.05) is 0 Å². The van der Waals surface area contributed by atoms with Crippen LogP contribution >= 0.6 is 0 Å². The summed E-state index contributed by atoms with van der Waals surface area (Å²) in [6.07, 6.45) is -12.8. The number of nitrogens with one attached hydrogen (secondary N) is 1. The zero-order chi connectivity index (χ0) is 19.9. The molecule has 0 saturated carbocycles. The highest BCUT2D eigenvalue weighted by Gasteiger charge is 2.72. The normalized spacial score (nSPS) is 21.9. The Labute approximate surface area is 150 Å². The summed E-state index contributed by atoms with van der Waals surface area (Å²) in [5.41, 5.74) is -3.90. The van der Waals surface area contributed by atoms with Crippen molar-refractivity contribution in [3.05, 3.63) is 24.3 Å². The number of amides is 2. The minimum absolute atomic E-state index is 0.0896. The Kier molecular flexibility index (Phi) is 4.81. The van der Waals surface area contributed by atoms with Gasteiger partial charge in [-0.25, -0.2) is 4.79 Å². The Bertz CT molecular complexity index is 692. The van der Waals surface area contributed by atoms with Gasteiger partial charge in [-0.15, -0.1) is 0 Å². The van der Waals surface area contributed by atoms with E-state index in [9.17, 15) is 31.1 Å². The predicted molar refractivity (Wildman–Crippen MR) is 80.5 cm³/mol. The van der Waals surface area contributed by atoms with Crippen LogP contribution in [0.15, 0.2) is 24.3 Å². The fourth-order valence-electron chi connectivity index (χ4n) is 3.08. The van der Waals surface area contributed by atoms with E-state index in [1.54, 1.807) is 24.3 Å². The minimum Gasteiger partial charge on any atom is -0.486 e. The first-order valence-electron chi connectivity index (χ1n) is 8.08. The Hall–Kier alpha value is -2.33. The molecule has 0 radical (unpaired) electrons. The zero-order valence-electron chi connectivity index (χ0n) is 13.9. The van der Waals surface area contributed by atoms with Crippen molar-refractivity contribution in [2.45, 2.75) is 24.9 Å². The summed E-state index contributed by atoms with van der Waals surface area (Å²) in [5, 5.41) is 2.31. The summed E-state index contributed by atoms with van der Waals surface area (Å²) >= 11 is 0. The molecule has 1 N–H and O–H groups in total. The number of carbonyl (C=O) groups is 1. The summed E-state index contributed by atoms with van der Waals surface area (Å²) in [7, 11) is 0. The molecule has 2 aliphatic heterocycles. The molecular weight excluding hydrogens is 382 g/mol. The fraction of sp³-hybridized carbons (Fsp3) is 0.562. The van der Waals surface area contributed by atoms with Crippen LogP contribution in [0.3, 0.4) is 0 Å². The number of likely N-dealkylation sites (tertiary alicyclic amines) is 1. The number of halogens is 6. The maximum atomic E-state index is 13.1. The van der Waals surface area contributed by atoms with Crippen molar-refractivity contribution < 1.29 is 40.6 Å². The molecule has 150 valence electrons. The molecule has 1 aromatic carbocycles. The summed E-state index contributed by atoms with van der Waals surface area (Å²) < 4.78 is 89.3. The SMILES string of the molecule is O=C(NCC1COc2ccccc2O1)N1CCC(C(F)(F)F)(C(F)(F)F)C1. The van der Waals surface area contributed by atoms with Gasteiger partial charge in [0.15, 0.2) is 23.0 Å². The lowest BCUT2D eigenvalue weighted by atomic mass is 9.85. The number of rotatable bonds is 2. The molecule has 0 bridgehead atoms. The highest BCUT2D eigenvalue weighted by atomic mass is 19.4. The number of ether oxygens (including phenoxy) is 2. The van der Waals surface area contributed by atoms with Gasteiger partial charge in [0.1, 0.15) is 6.61 Å². The van der Waals surface area contributed by atoms with Gasteiger partial charge >= 0.3 is 18.4 Å². The number of para-hydroxylation sites is 2. The molecule has 0 aromatic heterocycles. The number of urea groups is 1. The van der Waals surface area contributed by atoms with Crippen LogP contribution in [0.1, 0.15) is 6.42 Å². The minimum atomic E-state index is -5.50. The number of hydrogen-bond donors (Lipinski definition) is 1. The molecule has 1 saturated heterocycles. The van der Waals surface area contributed by atoms with Gasteiger partial charge in [-0.1, -0.05) is 12.1 Å². The van der Waals surface area contributed by atoms with Gasteiger partial charge in [-0.3, -0.25) is 0 Å². The Balaban J connectivity index is 1.58. The van der Waals surface area contributed by atoms with Gasteiger partial charge in [-0.05, 0) is 18.6 Å². The van der Waals surface area contributed by atoms with Crippen molar-refractivity contribution in [3.8, 4) is 11.5 Å². The highest BCUT2D eigenvalue weighted by Crippen LogP contribution is 2.55.